The Hall–Kier alpha value is -2.22. The summed E-state index contributed by atoms with van der Waals surface area (Å²) in [5.41, 5.74) is 0. The fourth-order valence-electron chi connectivity index (χ4n) is 1.32. The third-order valence-corrected chi connectivity index (χ3v) is 3.61. The van der Waals surface area contributed by atoms with Crippen molar-refractivity contribution in [3.05, 3.63) is 42.5 Å². The summed E-state index contributed by atoms with van der Waals surface area (Å²) in [6.07, 6.45) is 2.15. The Morgan fingerprint density at radius 1 is 1.05 bits per heavy atom. The normalized spacial score (nSPS) is 11.1. The Morgan fingerprint density at radius 2 is 1.74 bits per heavy atom. The van der Waals surface area contributed by atoms with Gasteiger partial charge < -0.3 is 5.32 Å². The predicted octanol–water partition coefficient (Wildman–Crippen LogP) is 1.46. The molecule has 0 radical (unpaired) electrons. The minimum absolute atomic E-state index is 0.00220. The van der Waals surface area contributed by atoms with Gasteiger partial charge in [0.15, 0.2) is 0 Å². The van der Waals surface area contributed by atoms with Crippen LogP contribution in [0, 0.1) is 5.82 Å². The molecule has 0 fully saturated rings. The molecule has 0 saturated heterocycles. The van der Waals surface area contributed by atoms with E-state index in [1.807, 2.05) is 0 Å². The monoisotopic (exact) mass is 282 g/mol. The molecule has 0 bridgehead atoms. The maximum Gasteiger partial charge on any atom is 0.264 e. The first-order valence-electron chi connectivity index (χ1n) is 5.29. The molecule has 2 aromatic rings. The maximum atomic E-state index is 12.7. The van der Waals surface area contributed by atoms with Crippen molar-refractivity contribution in [2.45, 2.75) is 4.90 Å². The van der Waals surface area contributed by atoms with Crippen LogP contribution in [0.2, 0.25) is 0 Å². The van der Waals surface area contributed by atoms with Crippen LogP contribution >= 0.6 is 0 Å². The van der Waals surface area contributed by atoms with Gasteiger partial charge in [-0.05, 0) is 24.3 Å². The zero-order valence-electron chi connectivity index (χ0n) is 9.96. The molecule has 2 rings (SSSR count). The molecule has 0 aromatic carbocycles. The average Bonchev–Trinajstić information content (AvgIpc) is 2.41. The highest BCUT2D eigenvalue weighted by atomic mass is 32.2. The van der Waals surface area contributed by atoms with Gasteiger partial charge in [0.1, 0.15) is 22.3 Å². The Bertz CT molecular complexity index is 656. The molecule has 0 spiro atoms. The smallest absolute Gasteiger partial charge is 0.264 e. The summed E-state index contributed by atoms with van der Waals surface area (Å²) in [7, 11) is -2.10. The Kier molecular flexibility index (Phi) is 3.61. The van der Waals surface area contributed by atoms with E-state index in [9.17, 15) is 12.8 Å². The van der Waals surface area contributed by atoms with Gasteiger partial charge in [-0.15, -0.1) is 0 Å². The second kappa shape index (κ2) is 5.19. The zero-order valence-corrected chi connectivity index (χ0v) is 10.8. The van der Waals surface area contributed by atoms with E-state index in [1.165, 1.54) is 24.4 Å². The second-order valence-electron chi connectivity index (χ2n) is 3.60. The number of nitrogens with one attached hydrogen (secondary N) is 2. The topological polar surface area (TPSA) is 84.0 Å². The molecule has 0 aliphatic carbocycles. The number of aromatic nitrogens is 2. The number of anilines is 2. The van der Waals surface area contributed by atoms with E-state index >= 15 is 0 Å². The average molecular weight is 282 g/mol. The summed E-state index contributed by atoms with van der Waals surface area (Å²) in [5.74, 6) is 0.0564. The standard InChI is InChI=1S/C11H11FN4O2S/c1-13-10-5-3-9(7-15-10)19(17,18)16-11-4-2-8(12)6-14-11/h2-7H,1H3,(H,13,15)(H,14,16). The van der Waals surface area contributed by atoms with Crippen LogP contribution in [0.4, 0.5) is 16.0 Å². The first-order valence-corrected chi connectivity index (χ1v) is 6.78. The van der Waals surface area contributed by atoms with E-state index in [0.29, 0.717) is 5.82 Å². The Balaban J connectivity index is 2.24. The molecule has 19 heavy (non-hydrogen) atoms. The van der Waals surface area contributed by atoms with E-state index in [-0.39, 0.29) is 10.7 Å². The van der Waals surface area contributed by atoms with Crippen molar-refractivity contribution in [2.75, 3.05) is 17.1 Å². The summed E-state index contributed by atoms with van der Waals surface area (Å²) in [6, 6.07) is 5.30. The molecule has 0 aliphatic heterocycles. The van der Waals surface area contributed by atoms with Gasteiger partial charge in [0, 0.05) is 13.2 Å². The third kappa shape index (κ3) is 3.16. The van der Waals surface area contributed by atoms with E-state index < -0.39 is 15.8 Å². The molecular weight excluding hydrogens is 271 g/mol. The first kappa shape index (κ1) is 13.2. The molecule has 2 aromatic heterocycles. The van der Waals surface area contributed by atoms with Gasteiger partial charge >= 0.3 is 0 Å². The zero-order chi connectivity index (χ0) is 13.9. The van der Waals surface area contributed by atoms with Crippen LogP contribution in [0.1, 0.15) is 0 Å². The SMILES string of the molecule is CNc1ccc(S(=O)(=O)Nc2ccc(F)cn2)cn1. The van der Waals surface area contributed by atoms with E-state index in [0.717, 1.165) is 12.3 Å². The highest BCUT2D eigenvalue weighted by molar-refractivity contribution is 7.92. The lowest BCUT2D eigenvalue weighted by Gasteiger charge is -2.07. The van der Waals surface area contributed by atoms with E-state index in [2.05, 4.69) is 20.0 Å². The fraction of sp³-hybridized carbons (Fsp3) is 0.0909. The van der Waals surface area contributed by atoms with Gasteiger partial charge in [0.2, 0.25) is 0 Å². The van der Waals surface area contributed by atoms with E-state index in [4.69, 9.17) is 0 Å². The van der Waals surface area contributed by atoms with Gasteiger partial charge in [-0.25, -0.2) is 22.8 Å². The van der Waals surface area contributed by atoms with Crippen molar-refractivity contribution in [1.29, 1.82) is 0 Å². The van der Waals surface area contributed by atoms with Gasteiger partial charge in [0.05, 0.1) is 6.20 Å². The molecule has 2 N–H and O–H groups in total. The van der Waals surface area contributed by atoms with Crippen LogP contribution in [-0.4, -0.2) is 25.4 Å². The van der Waals surface area contributed by atoms with Gasteiger partial charge in [-0.3, -0.25) is 4.72 Å². The molecule has 0 aliphatic rings. The van der Waals surface area contributed by atoms with Crippen molar-refractivity contribution < 1.29 is 12.8 Å². The van der Waals surface area contributed by atoms with Crippen molar-refractivity contribution in [2.24, 2.45) is 0 Å². The van der Waals surface area contributed by atoms with Crippen LogP contribution in [0.15, 0.2) is 41.6 Å². The summed E-state index contributed by atoms with van der Waals surface area (Å²) < 4.78 is 38.9. The minimum atomic E-state index is -3.78. The van der Waals surface area contributed by atoms with Crippen molar-refractivity contribution >= 4 is 21.7 Å². The maximum absolute atomic E-state index is 12.7. The molecule has 0 atom stereocenters. The second-order valence-corrected chi connectivity index (χ2v) is 5.28. The highest BCUT2D eigenvalue weighted by Gasteiger charge is 2.15. The van der Waals surface area contributed by atoms with Gasteiger partial charge in [-0.2, -0.15) is 0 Å². The molecular formula is C11H11FN4O2S. The largest absolute Gasteiger partial charge is 0.373 e. The Morgan fingerprint density at radius 3 is 2.26 bits per heavy atom. The van der Waals surface area contributed by atoms with Crippen LogP contribution < -0.4 is 10.0 Å². The molecule has 2 heterocycles. The number of nitrogens with zero attached hydrogens (tertiary/aromatic N) is 2. The lowest BCUT2D eigenvalue weighted by atomic mass is 10.5. The fourth-order valence-corrected chi connectivity index (χ4v) is 2.27. The number of hydrogen-bond acceptors (Lipinski definition) is 5. The number of halogens is 1. The molecule has 0 amide bonds. The molecule has 8 heteroatoms. The molecule has 0 unspecified atom stereocenters. The number of pyridine rings is 2. The lowest BCUT2D eigenvalue weighted by molar-refractivity contribution is 0.600. The van der Waals surface area contributed by atoms with Crippen molar-refractivity contribution in [1.82, 2.24) is 9.97 Å². The van der Waals surface area contributed by atoms with E-state index in [1.54, 1.807) is 7.05 Å². The highest BCUT2D eigenvalue weighted by Crippen LogP contribution is 2.14. The summed E-state index contributed by atoms with van der Waals surface area (Å²) in [4.78, 5) is 7.53. The van der Waals surface area contributed by atoms with Crippen LogP contribution in [-0.2, 0) is 10.0 Å². The number of rotatable bonds is 4. The summed E-state index contributed by atoms with van der Waals surface area (Å²) >= 11 is 0. The van der Waals surface area contributed by atoms with Crippen molar-refractivity contribution in [3.63, 3.8) is 0 Å². The lowest BCUT2D eigenvalue weighted by Crippen LogP contribution is -2.14. The Labute approximate surface area is 109 Å². The molecule has 100 valence electrons. The number of sulfonamides is 1. The van der Waals surface area contributed by atoms with Crippen LogP contribution in [0.3, 0.4) is 0 Å². The summed E-state index contributed by atoms with van der Waals surface area (Å²) in [5, 5.41) is 2.78. The third-order valence-electron chi connectivity index (χ3n) is 2.27. The van der Waals surface area contributed by atoms with Gasteiger partial charge in [-0.1, -0.05) is 0 Å². The van der Waals surface area contributed by atoms with Crippen LogP contribution in [0.5, 0.6) is 0 Å². The minimum Gasteiger partial charge on any atom is -0.373 e. The number of hydrogen-bond donors (Lipinski definition) is 2. The van der Waals surface area contributed by atoms with Crippen LogP contribution in [0.25, 0.3) is 0 Å². The molecule has 0 saturated carbocycles. The van der Waals surface area contributed by atoms with Crippen molar-refractivity contribution in [3.8, 4) is 0 Å². The van der Waals surface area contributed by atoms with Gasteiger partial charge in [0.25, 0.3) is 10.0 Å². The quantitative estimate of drug-likeness (QED) is 0.887. The summed E-state index contributed by atoms with van der Waals surface area (Å²) in [6.45, 7) is 0. The first-order chi connectivity index (χ1) is 9.01. The molecule has 6 nitrogen and oxygen atoms in total. The predicted molar refractivity (Wildman–Crippen MR) is 68.8 cm³/mol.